The zero-order chi connectivity index (χ0) is 15.6. The molecule has 0 aliphatic carbocycles. The molecule has 1 saturated heterocycles. The van der Waals surface area contributed by atoms with Crippen LogP contribution in [-0.4, -0.2) is 34.3 Å². The second-order valence-corrected chi connectivity index (χ2v) is 6.38. The fraction of sp³-hybridized carbons (Fsp3) is 0.562. The molecule has 0 bridgehead atoms. The predicted octanol–water partition coefficient (Wildman–Crippen LogP) is 3.26. The van der Waals surface area contributed by atoms with Crippen LogP contribution >= 0.6 is 0 Å². The lowest BCUT2D eigenvalue weighted by atomic mass is 9.93. The van der Waals surface area contributed by atoms with Gasteiger partial charge in [-0.3, -0.25) is 4.90 Å². The molecule has 1 heterocycles. The Morgan fingerprint density at radius 3 is 2.52 bits per heavy atom. The molecule has 5 heteroatoms. The van der Waals surface area contributed by atoms with Gasteiger partial charge in [-0.25, -0.2) is 9.18 Å². The summed E-state index contributed by atoms with van der Waals surface area (Å²) in [6, 6.07) is 5.39. The van der Waals surface area contributed by atoms with Gasteiger partial charge in [0, 0.05) is 6.54 Å². The third-order valence-electron chi connectivity index (χ3n) is 3.44. The Kier molecular flexibility index (Phi) is 4.52. The molecule has 1 aliphatic heterocycles. The van der Waals surface area contributed by atoms with Crippen LogP contribution in [-0.2, 0) is 4.74 Å². The van der Waals surface area contributed by atoms with Gasteiger partial charge in [0.15, 0.2) is 0 Å². The molecular formula is C16H22FNO3. The lowest BCUT2D eigenvalue weighted by molar-refractivity contribution is -0.0239. The molecule has 21 heavy (non-hydrogen) atoms. The van der Waals surface area contributed by atoms with Crippen molar-refractivity contribution >= 4 is 6.09 Å². The van der Waals surface area contributed by atoms with Crippen molar-refractivity contribution in [1.29, 1.82) is 0 Å². The summed E-state index contributed by atoms with van der Waals surface area (Å²) in [7, 11) is 0. The van der Waals surface area contributed by atoms with E-state index in [4.69, 9.17) is 4.74 Å². The maximum absolute atomic E-state index is 13.1. The summed E-state index contributed by atoms with van der Waals surface area (Å²) < 4.78 is 18.5. The Morgan fingerprint density at radius 2 is 1.95 bits per heavy atom. The standard InChI is InChI=1S/C16H22FNO3/c1-16(2,3)21-15(20)18-10-4-5-13(19)14(18)11-6-8-12(17)9-7-11/h6-9,13-14,19H,4-5,10H2,1-3H3/t13-,14-/m0/s1. The van der Waals surface area contributed by atoms with Gasteiger partial charge in [-0.05, 0) is 51.3 Å². The molecule has 0 aromatic heterocycles. The molecule has 0 radical (unpaired) electrons. The van der Waals surface area contributed by atoms with Gasteiger partial charge >= 0.3 is 6.09 Å². The summed E-state index contributed by atoms with van der Waals surface area (Å²) in [5.41, 5.74) is 0.127. The number of amides is 1. The van der Waals surface area contributed by atoms with Gasteiger partial charge in [0.2, 0.25) is 0 Å². The number of piperidine rings is 1. The summed E-state index contributed by atoms with van der Waals surface area (Å²) in [6.45, 7) is 5.93. The first-order valence-corrected chi connectivity index (χ1v) is 7.21. The number of likely N-dealkylation sites (tertiary alicyclic amines) is 1. The predicted molar refractivity (Wildman–Crippen MR) is 77.3 cm³/mol. The van der Waals surface area contributed by atoms with Crippen molar-refractivity contribution in [1.82, 2.24) is 4.90 Å². The minimum absolute atomic E-state index is 0.340. The van der Waals surface area contributed by atoms with Crippen molar-refractivity contribution in [2.75, 3.05) is 6.54 Å². The van der Waals surface area contributed by atoms with Gasteiger partial charge in [-0.15, -0.1) is 0 Å². The van der Waals surface area contributed by atoms with Gasteiger partial charge in [0.05, 0.1) is 12.1 Å². The molecule has 2 atom stereocenters. The van der Waals surface area contributed by atoms with Gasteiger partial charge in [0.25, 0.3) is 0 Å². The number of carbonyl (C=O) groups is 1. The molecule has 1 N–H and O–H groups in total. The van der Waals surface area contributed by atoms with Crippen LogP contribution in [0, 0.1) is 5.82 Å². The summed E-state index contributed by atoms with van der Waals surface area (Å²) in [6.07, 6.45) is 0.215. The number of aliphatic hydroxyl groups is 1. The van der Waals surface area contributed by atoms with Gasteiger partial charge in [0.1, 0.15) is 11.4 Å². The lowest BCUT2D eigenvalue weighted by Crippen LogP contribution is -2.47. The topological polar surface area (TPSA) is 49.8 Å². The number of halogens is 1. The molecule has 0 spiro atoms. The van der Waals surface area contributed by atoms with Crippen LogP contribution in [0.3, 0.4) is 0 Å². The average Bonchev–Trinajstić information content (AvgIpc) is 2.38. The van der Waals surface area contributed by atoms with Crippen LogP contribution in [0.2, 0.25) is 0 Å². The van der Waals surface area contributed by atoms with E-state index in [1.807, 2.05) is 0 Å². The highest BCUT2D eigenvalue weighted by Gasteiger charge is 2.36. The number of aliphatic hydroxyl groups excluding tert-OH is 1. The second kappa shape index (κ2) is 6.02. The number of ether oxygens (including phenoxy) is 1. The number of nitrogens with zero attached hydrogens (tertiary/aromatic N) is 1. The van der Waals surface area contributed by atoms with Gasteiger partial charge < -0.3 is 9.84 Å². The highest BCUT2D eigenvalue weighted by atomic mass is 19.1. The van der Waals surface area contributed by atoms with Gasteiger partial charge in [-0.2, -0.15) is 0 Å². The van der Waals surface area contributed by atoms with Crippen LogP contribution in [0.5, 0.6) is 0 Å². The molecule has 0 saturated carbocycles. The van der Waals surface area contributed by atoms with Crippen molar-refractivity contribution in [2.24, 2.45) is 0 Å². The van der Waals surface area contributed by atoms with E-state index in [0.717, 1.165) is 12.0 Å². The lowest BCUT2D eigenvalue weighted by Gasteiger charge is -2.39. The second-order valence-electron chi connectivity index (χ2n) is 6.38. The van der Waals surface area contributed by atoms with E-state index >= 15 is 0 Å². The highest BCUT2D eigenvalue weighted by molar-refractivity contribution is 5.69. The minimum atomic E-state index is -0.670. The summed E-state index contributed by atoms with van der Waals surface area (Å²) in [5, 5.41) is 10.3. The Labute approximate surface area is 124 Å². The molecule has 116 valence electrons. The fourth-order valence-corrected chi connectivity index (χ4v) is 2.56. The monoisotopic (exact) mass is 295 g/mol. The largest absolute Gasteiger partial charge is 0.444 e. The van der Waals surface area contributed by atoms with E-state index in [1.54, 1.807) is 32.9 Å². The number of benzene rings is 1. The van der Waals surface area contributed by atoms with Crippen LogP contribution in [0.4, 0.5) is 9.18 Å². The molecule has 1 amide bonds. The minimum Gasteiger partial charge on any atom is -0.444 e. The Morgan fingerprint density at radius 1 is 1.33 bits per heavy atom. The fourth-order valence-electron chi connectivity index (χ4n) is 2.56. The molecule has 1 aliphatic rings. The molecule has 1 aromatic carbocycles. The molecular weight excluding hydrogens is 273 g/mol. The quantitative estimate of drug-likeness (QED) is 0.865. The Hall–Kier alpha value is -1.62. The molecule has 1 aromatic rings. The van der Waals surface area contributed by atoms with E-state index in [1.165, 1.54) is 17.0 Å². The number of rotatable bonds is 1. The van der Waals surface area contributed by atoms with Crippen LogP contribution < -0.4 is 0 Å². The highest BCUT2D eigenvalue weighted by Crippen LogP contribution is 2.32. The summed E-state index contributed by atoms with van der Waals surface area (Å²) >= 11 is 0. The van der Waals surface area contributed by atoms with Crippen molar-refractivity contribution < 1.29 is 19.0 Å². The Bertz CT molecular complexity index is 495. The van der Waals surface area contributed by atoms with Crippen LogP contribution in [0.15, 0.2) is 24.3 Å². The average molecular weight is 295 g/mol. The summed E-state index contributed by atoms with van der Waals surface area (Å²) in [4.78, 5) is 13.9. The number of carbonyl (C=O) groups excluding carboxylic acids is 1. The zero-order valence-electron chi connectivity index (χ0n) is 12.7. The smallest absolute Gasteiger partial charge is 0.410 e. The van der Waals surface area contributed by atoms with Crippen LogP contribution in [0.1, 0.15) is 45.2 Å². The van der Waals surface area contributed by atoms with E-state index in [2.05, 4.69) is 0 Å². The molecule has 4 nitrogen and oxygen atoms in total. The first-order valence-electron chi connectivity index (χ1n) is 7.21. The third kappa shape index (κ3) is 3.94. The molecule has 1 fully saturated rings. The zero-order valence-corrected chi connectivity index (χ0v) is 12.7. The summed E-state index contributed by atoms with van der Waals surface area (Å²) in [5.74, 6) is -0.340. The SMILES string of the molecule is CC(C)(C)OC(=O)N1CCC[C@H](O)[C@@H]1c1ccc(F)cc1. The van der Waals surface area contributed by atoms with E-state index < -0.39 is 23.8 Å². The van der Waals surface area contributed by atoms with E-state index in [-0.39, 0.29) is 5.82 Å². The third-order valence-corrected chi connectivity index (χ3v) is 3.44. The number of hydrogen-bond acceptors (Lipinski definition) is 3. The van der Waals surface area contributed by atoms with Crippen molar-refractivity contribution in [3.05, 3.63) is 35.6 Å². The number of hydrogen-bond donors (Lipinski definition) is 1. The Balaban J connectivity index is 2.25. The first-order chi connectivity index (χ1) is 9.78. The maximum atomic E-state index is 13.1. The maximum Gasteiger partial charge on any atom is 0.410 e. The normalized spacial score (nSPS) is 23.0. The first kappa shape index (κ1) is 15.8. The van der Waals surface area contributed by atoms with E-state index in [0.29, 0.717) is 13.0 Å². The molecule has 2 rings (SSSR count). The van der Waals surface area contributed by atoms with Crippen molar-refractivity contribution in [2.45, 2.75) is 51.4 Å². The van der Waals surface area contributed by atoms with Crippen LogP contribution in [0.25, 0.3) is 0 Å². The van der Waals surface area contributed by atoms with Crippen molar-refractivity contribution in [3.63, 3.8) is 0 Å². The van der Waals surface area contributed by atoms with E-state index in [9.17, 15) is 14.3 Å². The molecule has 0 unspecified atom stereocenters. The van der Waals surface area contributed by atoms with Gasteiger partial charge in [-0.1, -0.05) is 12.1 Å². The van der Waals surface area contributed by atoms with Crippen molar-refractivity contribution in [3.8, 4) is 0 Å².